The largest absolute Gasteiger partial charge is 0.311 e. The second-order valence-electron chi connectivity index (χ2n) is 26.6. The molecular formula is C86H68BN3. The minimum Gasteiger partial charge on any atom is -0.311 e. The zero-order chi connectivity index (χ0) is 60.8. The molecule has 0 amide bonds. The zero-order valence-electron chi connectivity index (χ0n) is 51.8. The summed E-state index contributed by atoms with van der Waals surface area (Å²) in [7, 11) is 0. The van der Waals surface area contributed by atoms with Crippen molar-refractivity contribution in [3.05, 3.63) is 314 Å². The van der Waals surface area contributed by atoms with Crippen LogP contribution in [0.5, 0.6) is 0 Å². The van der Waals surface area contributed by atoms with E-state index in [2.05, 4.69) is 359 Å². The lowest BCUT2D eigenvalue weighted by atomic mass is 9.33. The molecule has 0 bridgehead atoms. The Balaban J connectivity index is 1.07. The van der Waals surface area contributed by atoms with Crippen molar-refractivity contribution in [2.24, 2.45) is 0 Å². The first-order chi connectivity index (χ1) is 43.9. The summed E-state index contributed by atoms with van der Waals surface area (Å²) in [5.74, 6) is 0. The van der Waals surface area contributed by atoms with Crippen molar-refractivity contribution >= 4 is 79.0 Å². The zero-order valence-corrected chi connectivity index (χ0v) is 51.8. The Labute approximate surface area is 529 Å². The lowest BCUT2D eigenvalue weighted by Crippen LogP contribution is -2.61. The van der Waals surface area contributed by atoms with Crippen molar-refractivity contribution in [3.8, 4) is 72.4 Å². The first kappa shape index (κ1) is 54.7. The van der Waals surface area contributed by atoms with Gasteiger partial charge in [0.15, 0.2) is 0 Å². The lowest BCUT2D eigenvalue weighted by Gasteiger charge is -2.45. The Kier molecular flexibility index (Phi) is 13.1. The average molecular weight is 1150 g/mol. The fraction of sp³-hybridized carbons (Fsp3) is 0.0930. The SMILES string of the molecule is CC(C)(C)c1ccc2c(c1)N(c1cc(-c3ccccc3)cc(-c3ccccc3)c1)c1cc(-c3cc(-c4ccccc4)c4c(c3)c3ccccc3n4-c3ccccc3)cc3c1B2c1ccc(C(C)(C)C)cc1N3c1cc(-c2ccccc2)cc(-c2ccccc2)c1. The van der Waals surface area contributed by atoms with Crippen LogP contribution in [0.2, 0.25) is 0 Å². The number of benzene rings is 13. The van der Waals surface area contributed by atoms with E-state index in [0.29, 0.717) is 0 Å². The highest BCUT2D eigenvalue weighted by molar-refractivity contribution is 7.00. The van der Waals surface area contributed by atoms with Gasteiger partial charge in [0.1, 0.15) is 0 Å². The van der Waals surface area contributed by atoms with Gasteiger partial charge in [-0.2, -0.15) is 0 Å². The molecule has 430 valence electrons. The number of para-hydroxylation sites is 2. The number of anilines is 6. The maximum atomic E-state index is 2.64. The van der Waals surface area contributed by atoms with Crippen molar-refractivity contribution in [1.29, 1.82) is 0 Å². The van der Waals surface area contributed by atoms with E-state index < -0.39 is 0 Å². The molecule has 2 aliphatic heterocycles. The van der Waals surface area contributed by atoms with Gasteiger partial charge in [0.05, 0.1) is 11.0 Å². The van der Waals surface area contributed by atoms with Crippen LogP contribution in [0.1, 0.15) is 52.7 Å². The van der Waals surface area contributed by atoms with E-state index in [0.717, 1.165) is 67.4 Å². The molecule has 13 aromatic carbocycles. The Morgan fingerprint density at radius 2 is 0.633 bits per heavy atom. The van der Waals surface area contributed by atoms with Crippen LogP contribution in [0.4, 0.5) is 34.1 Å². The van der Waals surface area contributed by atoms with Gasteiger partial charge in [-0.1, -0.05) is 254 Å². The predicted octanol–water partition coefficient (Wildman–Crippen LogP) is 21.5. The normalized spacial score (nSPS) is 12.7. The minimum absolute atomic E-state index is 0.118. The number of fused-ring (bicyclic) bond motifs is 7. The quantitative estimate of drug-likeness (QED) is 0.133. The molecular weight excluding hydrogens is 1090 g/mol. The molecule has 0 fully saturated rings. The number of nitrogens with zero attached hydrogens (tertiary/aromatic N) is 3. The van der Waals surface area contributed by atoms with Gasteiger partial charge < -0.3 is 14.4 Å². The number of hydrogen-bond donors (Lipinski definition) is 0. The molecule has 0 aliphatic carbocycles. The molecule has 0 saturated heterocycles. The van der Waals surface area contributed by atoms with E-state index in [1.165, 1.54) is 88.5 Å². The summed E-state index contributed by atoms with van der Waals surface area (Å²) in [6.45, 7) is 14.0. The van der Waals surface area contributed by atoms with Gasteiger partial charge in [0.25, 0.3) is 6.71 Å². The Bertz CT molecular complexity index is 4730. The Hall–Kier alpha value is -10.7. The monoisotopic (exact) mass is 1150 g/mol. The van der Waals surface area contributed by atoms with Crippen molar-refractivity contribution < 1.29 is 0 Å². The van der Waals surface area contributed by atoms with Crippen molar-refractivity contribution in [2.45, 2.75) is 52.4 Å². The summed E-state index contributed by atoms with van der Waals surface area (Å²) < 4.78 is 2.48. The second-order valence-corrected chi connectivity index (χ2v) is 26.6. The molecule has 1 aromatic heterocycles. The third-order valence-corrected chi connectivity index (χ3v) is 18.8. The maximum absolute atomic E-state index is 2.64. The number of rotatable bonds is 9. The highest BCUT2D eigenvalue weighted by atomic mass is 15.2. The summed E-state index contributed by atoms with van der Waals surface area (Å²) in [4.78, 5) is 5.28. The van der Waals surface area contributed by atoms with Gasteiger partial charge >= 0.3 is 0 Å². The lowest BCUT2D eigenvalue weighted by molar-refractivity contribution is 0.590. The molecule has 90 heavy (non-hydrogen) atoms. The van der Waals surface area contributed by atoms with Crippen LogP contribution in [0.3, 0.4) is 0 Å². The summed E-state index contributed by atoms with van der Waals surface area (Å²) in [6.07, 6.45) is 0. The molecule has 3 nitrogen and oxygen atoms in total. The molecule has 0 unspecified atom stereocenters. The van der Waals surface area contributed by atoms with Gasteiger partial charge in [-0.15, -0.1) is 0 Å². The Morgan fingerprint density at radius 1 is 0.267 bits per heavy atom. The van der Waals surface area contributed by atoms with Crippen molar-refractivity contribution in [1.82, 2.24) is 4.57 Å². The highest BCUT2D eigenvalue weighted by Crippen LogP contribution is 2.51. The molecule has 16 rings (SSSR count). The van der Waals surface area contributed by atoms with Crippen LogP contribution in [0.15, 0.2) is 303 Å². The topological polar surface area (TPSA) is 11.4 Å². The third kappa shape index (κ3) is 9.45. The highest BCUT2D eigenvalue weighted by Gasteiger charge is 2.45. The van der Waals surface area contributed by atoms with Crippen LogP contribution in [0, 0.1) is 0 Å². The van der Waals surface area contributed by atoms with Crippen LogP contribution < -0.4 is 26.2 Å². The Morgan fingerprint density at radius 3 is 1.06 bits per heavy atom. The van der Waals surface area contributed by atoms with E-state index in [9.17, 15) is 0 Å². The molecule has 4 heteroatoms. The summed E-state index contributed by atoms with van der Waals surface area (Å²) in [5, 5.41) is 2.41. The standard InChI is InChI=1S/C86H68BN3/c1-85(2,3)68-41-43-76-79(55-68)88(71-47-62(57-27-13-7-14-28-57)45-63(48-71)58-29-15-8-16-30-58)81-53-67(66-51-74(61-35-21-11-22-36-61)84-75(52-66)73-39-25-26-40-78(73)90(84)70-37-23-12-24-38-70)54-82-83(81)87(76)77-44-42-69(86(4,5)6)56-80(77)89(82)72-49-64(59-31-17-9-18-32-59)46-65(50-72)60-33-19-10-20-34-60/h7-56H,1-6H3. The van der Waals surface area contributed by atoms with Gasteiger partial charge in [0.2, 0.25) is 0 Å². The van der Waals surface area contributed by atoms with Crippen LogP contribution >= 0.6 is 0 Å². The van der Waals surface area contributed by atoms with E-state index in [-0.39, 0.29) is 17.5 Å². The number of aromatic nitrogens is 1. The van der Waals surface area contributed by atoms with E-state index >= 15 is 0 Å². The van der Waals surface area contributed by atoms with E-state index in [1.54, 1.807) is 0 Å². The maximum Gasteiger partial charge on any atom is 0.252 e. The van der Waals surface area contributed by atoms with Gasteiger partial charge in [-0.05, 0) is 191 Å². The first-order valence-corrected chi connectivity index (χ1v) is 31.7. The average Bonchev–Trinajstić information content (AvgIpc) is 0.940. The van der Waals surface area contributed by atoms with Crippen LogP contribution in [-0.2, 0) is 10.8 Å². The smallest absolute Gasteiger partial charge is 0.252 e. The molecule has 0 atom stereocenters. The first-order valence-electron chi connectivity index (χ1n) is 31.7. The summed E-state index contributed by atoms with van der Waals surface area (Å²) in [5.41, 5.74) is 30.4. The fourth-order valence-electron chi connectivity index (χ4n) is 14.3. The van der Waals surface area contributed by atoms with Gasteiger partial charge in [0, 0.05) is 56.1 Å². The van der Waals surface area contributed by atoms with Crippen LogP contribution in [0.25, 0.3) is 94.3 Å². The fourth-order valence-corrected chi connectivity index (χ4v) is 14.3. The molecule has 0 radical (unpaired) electrons. The van der Waals surface area contributed by atoms with Gasteiger partial charge in [-0.25, -0.2) is 0 Å². The van der Waals surface area contributed by atoms with Gasteiger partial charge in [-0.3, -0.25) is 0 Å². The summed E-state index contributed by atoms with van der Waals surface area (Å²) >= 11 is 0. The molecule has 14 aromatic rings. The summed E-state index contributed by atoms with van der Waals surface area (Å²) in [6, 6.07) is 114. The van der Waals surface area contributed by atoms with E-state index in [4.69, 9.17) is 0 Å². The predicted molar refractivity (Wildman–Crippen MR) is 385 cm³/mol. The van der Waals surface area contributed by atoms with Crippen molar-refractivity contribution in [2.75, 3.05) is 9.80 Å². The minimum atomic E-state index is -0.139. The van der Waals surface area contributed by atoms with E-state index in [1.807, 2.05) is 0 Å². The molecule has 0 saturated carbocycles. The molecule has 0 spiro atoms. The third-order valence-electron chi connectivity index (χ3n) is 18.8. The molecule has 2 aliphatic rings. The number of hydrogen-bond acceptors (Lipinski definition) is 2. The van der Waals surface area contributed by atoms with Crippen LogP contribution in [-0.4, -0.2) is 11.3 Å². The van der Waals surface area contributed by atoms with Crippen molar-refractivity contribution in [3.63, 3.8) is 0 Å². The molecule has 3 heterocycles. The molecule has 0 N–H and O–H groups in total. The second kappa shape index (κ2) is 21.6.